The molecule has 0 bridgehead atoms. The third kappa shape index (κ3) is 90.0. The molecule has 0 aliphatic heterocycles. The fourth-order valence-electron chi connectivity index (χ4n) is 0.0471. The molecule has 0 aromatic heterocycles. The monoisotopic (exact) mass is 185 g/mol. The van der Waals surface area contributed by atoms with Crippen LogP contribution in [0.3, 0.4) is 0 Å². The number of nitriles is 1. The Kier molecular flexibility index (Phi) is 7.24. The highest BCUT2D eigenvalue weighted by Gasteiger charge is 2.06. The molecular weight excluding hydrogens is 180 g/mol. The summed E-state index contributed by atoms with van der Waals surface area (Å²) in [6.45, 7) is 0. The molecular formula is CH5BNO7P. The summed E-state index contributed by atoms with van der Waals surface area (Å²) in [6, 6.07) is 0. The first-order valence-corrected chi connectivity index (χ1v) is 3.53. The molecule has 0 atom stereocenters. The lowest BCUT2D eigenvalue weighted by Gasteiger charge is -1.83. The van der Waals surface area contributed by atoms with Crippen LogP contribution in [-0.2, 0) is 9.22 Å². The zero-order valence-electron chi connectivity index (χ0n) is 5.02. The van der Waals surface area contributed by atoms with Gasteiger partial charge in [0.25, 0.3) is 6.26 Å². The minimum Gasteiger partial charge on any atom is -0.442 e. The molecule has 0 heterocycles. The van der Waals surface area contributed by atoms with E-state index in [0.717, 1.165) is 6.26 Å². The van der Waals surface area contributed by atoms with E-state index in [1.54, 1.807) is 0 Å². The Morgan fingerprint density at radius 2 is 1.64 bits per heavy atom. The summed E-state index contributed by atoms with van der Waals surface area (Å²) in [5.74, 6) is 0. The summed E-state index contributed by atoms with van der Waals surface area (Å²) in [4.78, 5) is 21.6. The molecule has 0 spiro atoms. The first-order valence-electron chi connectivity index (χ1n) is 1.96. The van der Waals surface area contributed by atoms with E-state index in [2.05, 4.69) is 4.65 Å². The first-order chi connectivity index (χ1) is 4.77. The van der Waals surface area contributed by atoms with Crippen molar-refractivity contribution >= 4 is 15.1 Å². The van der Waals surface area contributed by atoms with Gasteiger partial charge in [0.15, 0.2) is 0 Å². The molecule has 8 nitrogen and oxygen atoms in total. The van der Waals surface area contributed by atoms with Crippen LogP contribution in [0.1, 0.15) is 0 Å². The Labute approximate surface area is 61.7 Å². The number of phosphoric acid groups is 1. The summed E-state index contributed by atoms with van der Waals surface area (Å²) in [7, 11) is -6.60. The smallest absolute Gasteiger partial charge is 0.442 e. The summed E-state index contributed by atoms with van der Waals surface area (Å²) in [5, 5.41) is 22.8. The van der Waals surface area contributed by atoms with Gasteiger partial charge < -0.3 is 29.4 Å². The second-order valence-electron chi connectivity index (χ2n) is 1.05. The third-order valence-electron chi connectivity index (χ3n) is 0.158. The molecule has 0 radical (unpaired) electrons. The van der Waals surface area contributed by atoms with Gasteiger partial charge in [-0.15, -0.1) is 0 Å². The van der Waals surface area contributed by atoms with E-state index < -0.39 is 15.1 Å². The van der Waals surface area contributed by atoms with E-state index in [4.69, 9.17) is 34.6 Å². The molecule has 0 amide bonds. The van der Waals surface area contributed by atoms with E-state index in [1.165, 1.54) is 0 Å². The zero-order chi connectivity index (χ0) is 9.49. The van der Waals surface area contributed by atoms with Gasteiger partial charge in [-0.05, 0) is 0 Å². The van der Waals surface area contributed by atoms with Crippen LogP contribution in [-0.4, -0.2) is 32.0 Å². The van der Waals surface area contributed by atoms with Crippen molar-refractivity contribution in [2.45, 2.75) is 0 Å². The second kappa shape index (κ2) is 6.12. The molecule has 0 aliphatic carbocycles. The Balaban J connectivity index is 0. The highest BCUT2D eigenvalue weighted by atomic mass is 31.2. The minimum atomic E-state index is -4.64. The summed E-state index contributed by atoms with van der Waals surface area (Å²) in [5.41, 5.74) is 0. The Morgan fingerprint density at radius 3 is 1.64 bits per heavy atom. The molecule has 0 fully saturated rings. The number of hydrogen-bond donors (Lipinski definition) is 5. The maximum atomic E-state index is 8.88. The van der Waals surface area contributed by atoms with Crippen LogP contribution in [0.25, 0.3) is 0 Å². The molecule has 10 heteroatoms. The Hall–Kier alpha value is -0.615. The van der Waals surface area contributed by atoms with Gasteiger partial charge >= 0.3 is 15.1 Å². The molecule has 64 valence electrons. The Morgan fingerprint density at radius 1 is 1.36 bits per heavy atom. The van der Waals surface area contributed by atoms with Gasteiger partial charge in [-0.2, -0.15) is 5.26 Å². The van der Waals surface area contributed by atoms with Gasteiger partial charge in [0, 0.05) is 0 Å². The zero-order valence-corrected chi connectivity index (χ0v) is 5.92. The van der Waals surface area contributed by atoms with Gasteiger partial charge in [0.05, 0.1) is 0 Å². The molecule has 0 aliphatic rings. The Bertz CT molecular complexity index is 160. The quantitative estimate of drug-likeness (QED) is 0.171. The van der Waals surface area contributed by atoms with Crippen LogP contribution >= 0.6 is 7.82 Å². The fraction of sp³-hybridized carbons (Fsp3) is 0. The number of hydrogen-bond acceptors (Lipinski definition) is 5. The largest absolute Gasteiger partial charge is 0.717 e. The number of nitrogens with zero attached hydrogens (tertiary/aromatic N) is 1. The van der Waals surface area contributed by atoms with Crippen molar-refractivity contribution in [1.82, 2.24) is 0 Å². The average Bonchev–Trinajstić information content (AvgIpc) is 1.58. The van der Waals surface area contributed by atoms with E-state index >= 15 is 0 Å². The molecule has 0 saturated carbocycles. The second-order valence-corrected chi connectivity index (χ2v) is 2.08. The van der Waals surface area contributed by atoms with Crippen molar-refractivity contribution in [3.63, 3.8) is 0 Å². The van der Waals surface area contributed by atoms with Crippen LogP contribution in [0.5, 0.6) is 0 Å². The van der Waals surface area contributed by atoms with Gasteiger partial charge in [-0.1, -0.05) is 0 Å². The van der Waals surface area contributed by atoms with Crippen LogP contribution in [0.4, 0.5) is 0 Å². The lowest BCUT2D eigenvalue weighted by Crippen LogP contribution is -2.12. The molecule has 11 heavy (non-hydrogen) atoms. The molecule has 0 saturated heterocycles. The van der Waals surface area contributed by atoms with Gasteiger partial charge in [0.2, 0.25) is 0 Å². The SMILES string of the molecule is N#COB(O)O.O=P(O)(O)O. The van der Waals surface area contributed by atoms with Crippen molar-refractivity contribution in [1.29, 1.82) is 5.26 Å². The summed E-state index contributed by atoms with van der Waals surface area (Å²) < 4.78 is 12.3. The van der Waals surface area contributed by atoms with Crippen molar-refractivity contribution in [3.8, 4) is 6.26 Å². The summed E-state index contributed by atoms with van der Waals surface area (Å²) >= 11 is 0. The minimum absolute atomic E-state index is 1.07. The van der Waals surface area contributed by atoms with E-state index in [9.17, 15) is 0 Å². The predicted molar refractivity (Wildman–Crippen MR) is 31.2 cm³/mol. The summed E-state index contributed by atoms with van der Waals surface area (Å²) in [6.07, 6.45) is 1.07. The van der Waals surface area contributed by atoms with Gasteiger partial charge in [0.1, 0.15) is 0 Å². The maximum Gasteiger partial charge on any atom is 0.717 e. The standard InChI is InChI=1S/CH2BNO3.H3O4P/c3-1-6-2(4)5;1-5(2,3)4/h4-5H;(H3,1,2,3,4). The van der Waals surface area contributed by atoms with E-state index in [0.29, 0.717) is 0 Å². The lowest BCUT2D eigenvalue weighted by molar-refractivity contribution is 0.267. The molecule has 0 aromatic rings. The highest BCUT2D eigenvalue weighted by Crippen LogP contribution is 2.25. The molecule has 0 unspecified atom stereocenters. The average molecular weight is 185 g/mol. The van der Waals surface area contributed by atoms with Crippen LogP contribution in [0.15, 0.2) is 0 Å². The van der Waals surface area contributed by atoms with Crippen molar-refractivity contribution in [2.75, 3.05) is 0 Å². The molecule has 0 rings (SSSR count). The molecule has 0 aromatic carbocycles. The topological polar surface area (TPSA) is 151 Å². The van der Waals surface area contributed by atoms with Gasteiger partial charge in [-0.25, -0.2) is 4.57 Å². The van der Waals surface area contributed by atoms with Crippen molar-refractivity contribution in [2.24, 2.45) is 0 Å². The predicted octanol–water partition coefficient (Wildman–Crippen LogP) is -2.48. The van der Waals surface area contributed by atoms with Gasteiger partial charge in [-0.3, -0.25) is 0 Å². The number of rotatable bonds is 1. The molecule has 5 N–H and O–H groups in total. The lowest BCUT2D eigenvalue weighted by atomic mass is 10.3. The van der Waals surface area contributed by atoms with Crippen molar-refractivity contribution in [3.05, 3.63) is 0 Å². The first kappa shape index (κ1) is 13.0. The van der Waals surface area contributed by atoms with Crippen molar-refractivity contribution < 1.29 is 33.9 Å². The highest BCUT2D eigenvalue weighted by molar-refractivity contribution is 7.45. The maximum absolute atomic E-state index is 8.88. The fourth-order valence-corrected chi connectivity index (χ4v) is 0.0471. The van der Waals surface area contributed by atoms with E-state index in [1.807, 2.05) is 0 Å². The van der Waals surface area contributed by atoms with Crippen LogP contribution < -0.4 is 0 Å². The van der Waals surface area contributed by atoms with Crippen LogP contribution in [0.2, 0.25) is 0 Å². The third-order valence-corrected chi connectivity index (χ3v) is 0.158. The van der Waals surface area contributed by atoms with Crippen LogP contribution in [0, 0.1) is 11.5 Å². The van der Waals surface area contributed by atoms with E-state index in [-0.39, 0.29) is 0 Å². The normalized spacial score (nSPS) is 8.73.